The minimum Gasteiger partial charge on any atom is -0.496 e. The number of allylic oxidation sites excluding steroid dienone is 1. The standard InChI is InChI=1S/C16H12F3NO2/c1-22-15-5-3-2-4-12(15)14(21)7-6-11-10-20-9-8-13(11)16(17,18)19/h2-10H,1H3. The SMILES string of the molecule is COc1ccccc1C(=O)C=Cc1cnccc1C(F)(F)F. The molecular formula is C16H12F3NO2. The van der Waals surface area contributed by atoms with Gasteiger partial charge in [0.25, 0.3) is 0 Å². The molecule has 0 saturated heterocycles. The highest BCUT2D eigenvalue weighted by Gasteiger charge is 2.32. The average Bonchev–Trinajstić information content (AvgIpc) is 2.52. The van der Waals surface area contributed by atoms with Crippen LogP contribution in [0.3, 0.4) is 0 Å². The Balaban J connectivity index is 2.32. The van der Waals surface area contributed by atoms with Crippen molar-refractivity contribution in [2.75, 3.05) is 7.11 Å². The smallest absolute Gasteiger partial charge is 0.417 e. The first kappa shape index (κ1) is 15.8. The van der Waals surface area contributed by atoms with Gasteiger partial charge in [0.2, 0.25) is 0 Å². The first-order chi connectivity index (χ1) is 10.4. The quantitative estimate of drug-likeness (QED) is 0.633. The molecule has 0 atom stereocenters. The highest BCUT2D eigenvalue weighted by atomic mass is 19.4. The Morgan fingerprint density at radius 1 is 1.23 bits per heavy atom. The van der Waals surface area contributed by atoms with Gasteiger partial charge in [0.1, 0.15) is 5.75 Å². The Morgan fingerprint density at radius 3 is 2.64 bits per heavy atom. The number of carbonyl (C=O) groups excluding carboxylic acids is 1. The van der Waals surface area contributed by atoms with Gasteiger partial charge >= 0.3 is 6.18 Å². The van der Waals surface area contributed by atoms with Gasteiger partial charge in [-0.15, -0.1) is 0 Å². The predicted molar refractivity (Wildman–Crippen MR) is 75.6 cm³/mol. The number of aromatic nitrogens is 1. The number of hydrogen-bond donors (Lipinski definition) is 0. The minimum absolute atomic E-state index is 0.168. The zero-order valence-electron chi connectivity index (χ0n) is 11.6. The van der Waals surface area contributed by atoms with Gasteiger partial charge in [-0.05, 0) is 30.4 Å². The van der Waals surface area contributed by atoms with Crippen molar-refractivity contribution in [3.8, 4) is 5.75 Å². The topological polar surface area (TPSA) is 39.2 Å². The highest BCUT2D eigenvalue weighted by Crippen LogP contribution is 2.32. The summed E-state index contributed by atoms with van der Waals surface area (Å²) < 4.78 is 43.6. The Hall–Kier alpha value is -2.63. The number of alkyl halides is 3. The monoisotopic (exact) mass is 307 g/mol. The number of hydrogen-bond acceptors (Lipinski definition) is 3. The molecule has 1 aromatic heterocycles. The van der Waals surface area contributed by atoms with Crippen LogP contribution >= 0.6 is 0 Å². The predicted octanol–water partition coefficient (Wildman–Crippen LogP) is 4.01. The Labute approximate surface area is 125 Å². The lowest BCUT2D eigenvalue weighted by molar-refractivity contribution is -0.137. The van der Waals surface area contributed by atoms with Crippen LogP contribution in [-0.2, 0) is 6.18 Å². The average molecular weight is 307 g/mol. The van der Waals surface area contributed by atoms with E-state index < -0.39 is 17.5 Å². The van der Waals surface area contributed by atoms with Crippen LogP contribution in [0.5, 0.6) is 5.75 Å². The van der Waals surface area contributed by atoms with Gasteiger partial charge in [-0.2, -0.15) is 13.2 Å². The summed E-state index contributed by atoms with van der Waals surface area (Å²) in [6, 6.07) is 7.36. The number of para-hydroxylation sites is 1. The van der Waals surface area contributed by atoms with E-state index in [4.69, 9.17) is 4.74 Å². The van der Waals surface area contributed by atoms with Gasteiger partial charge in [0.05, 0.1) is 18.2 Å². The Bertz CT molecular complexity index is 709. The maximum Gasteiger partial charge on any atom is 0.417 e. The number of carbonyl (C=O) groups is 1. The fourth-order valence-electron chi connectivity index (χ4n) is 1.90. The van der Waals surface area contributed by atoms with E-state index in [1.54, 1.807) is 24.3 Å². The zero-order valence-corrected chi connectivity index (χ0v) is 11.6. The van der Waals surface area contributed by atoms with E-state index in [0.29, 0.717) is 5.75 Å². The van der Waals surface area contributed by atoms with E-state index in [-0.39, 0.29) is 11.1 Å². The second kappa shape index (κ2) is 6.43. The molecule has 0 radical (unpaired) electrons. The van der Waals surface area contributed by atoms with Crippen molar-refractivity contribution in [1.82, 2.24) is 4.98 Å². The number of methoxy groups -OCH3 is 1. The Morgan fingerprint density at radius 2 is 1.95 bits per heavy atom. The molecule has 0 aliphatic carbocycles. The Kier molecular flexibility index (Phi) is 4.60. The summed E-state index contributed by atoms with van der Waals surface area (Å²) in [7, 11) is 1.42. The number of rotatable bonds is 4. The number of pyridine rings is 1. The molecule has 2 aromatic rings. The van der Waals surface area contributed by atoms with Crippen LogP contribution < -0.4 is 4.74 Å². The van der Waals surface area contributed by atoms with Crippen molar-refractivity contribution in [3.63, 3.8) is 0 Å². The molecule has 0 fully saturated rings. The summed E-state index contributed by atoms with van der Waals surface area (Å²) in [5.74, 6) is -0.0891. The van der Waals surface area contributed by atoms with Crippen LogP contribution in [0, 0.1) is 0 Å². The van der Waals surface area contributed by atoms with E-state index >= 15 is 0 Å². The largest absolute Gasteiger partial charge is 0.496 e. The lowest BCUT2D eigenvalue weighted by Gasteiger charge is -2.09. The fourth-order valence-corrected chi connectivity index (χ4v) is 1.90. The van der Waals surface area contributed by atoms with Crippen molar-refractivity contribution in [2.45, 2.75) is 6.18 Å². The molecule has 0 bridgehead atoms. The van der Waals surface area contributed by atoms with Crippen LogP contribution in [0.1, 0.15) is 21.5 Å². The molecule has 22 heavy (non-hydrogen) atoms. The van der Waals surface area contributed by atoms with Crippen LogP contribution in [-0.4, -0.2) is 17.9 Å². The van der Waals surface area contributed by atoms with Crippen molar-refractivity contribution in [2.24, 2.45) is 0 Å². The number of ether oxygens (including phenoxy) is 1. The molecule has 0 aliphatic heterocycles. The van der Waals surface area contributed by atoms with E-state index in [1.807, 2.05) is 0 Å². The summed E-state index contributed by atoms with van der Waals surface area (Å²) in [5, 5.41) is 0. The molecule has 6 heteroatoms. The molecule has 0 aliphatic rings. The number of ketones is 1. The lowest BCUT2D eigenvalue weighted by atomic mass is 10.1. The third-order valence-electron chi connectivity index (χ3n) is 2.94. The van der Waals surface area contributed by atoms with Crippen LogP contribution in [0.15, 0.2) is 48.8 Å². The van der Waals surface area contributed by atoms with Gasteiger partial charge in [0, 0.05) is 18.0 Å². The molecule has 2 rings (SSSR count). The first-order valence-corrected chi connectivity index (χ1v) is 6.30. The van der Waals surface area contributed by atoms with E-state index in [9.17, 15) is 18.0 Å². The summed E-state index contributed by atoms with van der Waals surface area (Å²) >= 11 is 0. The molecule has 0 saturated carbocycles. The van der Waals surface area contributed by atoms with Crippen molar-refractivity contribution in [3.05, 3.63) is 65.5 Å². The van der Waals surface area contributed by atoms with E-state index in [1.165, 1.54) is 7.11 Å². The van der Waals surface area contributed by atoms with Gasteiger partial charge in [-0.3, -0.25) is 9.78 Å². The normalized spacial score (nSPS) is 11.6. The van der Waals surface area contributed by atoms with Crippen molar-refractivity contribution < 1.29 is 22.7 Å². The van der Waals surface area contributed by atoms with Crippen LogP contribution in [0.25, 0.3) is 6.08 Å². The molecule has 114 valence electrons. The molecule has 0 N–H and O–H groups in total. The van der Waals surface area contributed by atoms with E-state index in [2.05, 4.69) is 4.98 Å². The number of nitrogens with zero attached hydrogens (tertiary/aromatic N) is 1. The first-order valence-electron chi connectivity index (χ1n) is 6.30. The summed E-state index contributed by atoms with van der Waals surface area (Å²) in [5.41, 5.74) is -0.733. The molecule has 0 amide bonds. The second-order valence-corrected chi connectivity index (χ2v) is 4.36. The van der Waals surface area contributed by atoms with Crippen LogP contribution in [0.4, 0.5) is 13.2 Å². The van der Waals surface area contributed by atoms with Crippen molar-refractivity contribution in [1.29, 1.82) is 0 Å². The molecule has 3 nitrogen and oxygen atoms in total. The molecule has 1 heterocycles. The number of benzene rings is 1. The number of halogens is 3. The zero-order chi connectivity index (χ0) is 16.2. The fraction of sp³-hybridized carbons (Fsp3) is 0.125. The van der Waals surface area contributed by atoms with Gasteiger partial charge < -0.3 is 4.74 Å². The van der Waals surface area contributed by atoms with Crippen LogP contribution in [0.2, 0.25) is 0 Å². The molecule has 1 aromatic carbocycles. The summed E-state index contributed by atoms with van der Waals surface area (Å²) in [6.07, 6.45) is -0.207. The van der Waals surface area contributed by atoms with E-state index in [0.717, 1.165) is 30.6 Å². The third kappa shape index (κ3) is 3.52. The third-order valence-corrected chi connectivity index (χ3v) is 2.94. The maximum atomic E-state index is 12.8. The van der Waals surface area contributed by atoms with Crippen molar-refractivity contribution >= 4 is 11.9 Å². The maximum absolute atomic E-state index is 12.8. The molecular weight excluding hydrogens is 295 g/mol. The minimum atomic E-state index is -4.50. The summed E-state index contributed by atoms with van der Waals surface area (Å²) in [6.45, 7) is 0. The second-order valence-electron chi connectivity index (χ2n) is 4.36. The van der Waals surface area contributed by atoms with Gasteiger partial charge in [-0.1, -0.05) is 12.1 Å². The molecule has 0 spiro atoms. The van der Waals surface area contributed by atoms with Gasteiger partial charge in [0.15, 0.2) is 5.78 Å². The summed E-state index contributed by atoms with van der Waals surface area (Å²) in [4.78, 5) is 15.7. The molecule has 0 unspecified atom stereocenters. The highest BCUT2D eigenvalue weighted by molar-refractivity contribution is 6.08. The van der Waals surface area contributed by atoms with Gasteiger partial charge in [-0.25, -0.2) is 0 Å². The lowest BCUT2D eigenvalue weighted by Crippen LogP contribution is -2.07.